The molecule has 0 bridgehead atoms. The molecule has 0 unspecified atom stereocenters. The smallest absolute Gasteiger partial charge is 0.225 e. The Morgan fingerprint density at radius 2 is 1.87 bits per heavy atom. The van der Waals surface area contributed by atoms with Crippen molar-refractivity contribution in [2.75, 3.05) is 44.2 Å². The molecule has 3 aromatic rings. The lowest BCUT2D eigenvalue weighted by Gasteiger charge is -2.35. The van der Waals surface area contributed by atoms with Crippen LogP contribution in [0.1, 0.15) is 19.3 Å². The Labute approximate surface area is 187 Å². The van der Waals surface area contributed by atoms with Gasteiger partial charge in [0.25, 0.3) is 0 Å². The number of carbonyl (C=O) groups excluding carboxylic acids is 1. The number of rotatable bonds is 3. The first-order chi connectivity index (χ1) is 15.2. The van der Waals surface area contributed by atoms with Crippen LogP contribution in [0, 0.1) is 5.92 Å². The second-order valence-electron chi connectivity index (χ2n) is 8.46. The zero-order valence-corrected chi connectivity index (χ0v) is 18.4. The van der Waals surface area contributed by atoms with Crippen LogP contribution in [0.25, 0.3) is 22.4 Å². The summed E-state index contributed by atoms with van der Waals surface area (Å²) in [4.78, 5) is 25.5. The highest BCUT2D eigenvalue weighted by molar-refractivity contribution is 6.33. The van der Waals surface area contributed by atoms with E-state index < -0.39 is 0 Å². The van der Waals surface area contributed by atoms with Crippen LogP contribution in [0.4, 0.5) is 5.69 Å². The summed E-state index contributed by atoms with van der Waals surface area (Å²) in [6.45, 7) is 5.38. The fourth-order valence-corrected chi connectivity index (χ4v) is 4.89. The molecule has 2 aromatic carbocycles. The average molecular weight is 438 g/mol. The monoisotopic (exact) mass is 437 g/mol. The van der Waals surface area contributed by atoms with Crippen molar-refractivity contribution in [1.29, 1.82) is 0 Å². The number of aromatic amines is 1. The van der Waals surface area contributed by atoms with Gasteiger partial charge in [-0.25, -0.2) is 4.98 Å². The van der Waals surface area contributed by atoms with Gasteiger partial charge in [0.05, 0.1) is 16.1 Å². The molecule has 0 saturated carbocycles. The SMILES string of the molecule is O=C(C1CCN(c2ccc(Cl)c(-c3nc4ccccc4[nH]3)c2)CC1)N1CCCNCC1. The molecule has 2 saturated heterocycles. The maximum Gasteiger partial charge on any atom is 0.225 e. The van der Waals surface area contributed by atoms with Crippen LogP contribution in [-0.2, 0) is 4.79 Å². The summed E-state index contributed by atoms with van der Waals surface area (Å²) < 4.78 is 0. The fraction of sp³-hybridized carbons (Fsp3) is 0.417. The molecule has 3 heterocycles. The molecule has 2 aliphatic heterocycles. The van der Waals surface area contributed by atoms with Crippen molar-refractivity contribution < 1.29 is 4.79 Å². The number of anilines is 1. The van der Waals surface area contributed by atoms with E-state index in [-0.39, 0.29) is 5.92 Å². The number of nitrogens with zero attached hydrogens (tertiary/aromatic N) is 3. The molecule has 0 spiro atoms. The van der Waals surface area contributed by atoms with E-state index in [9.17, 15) is 4.79 Å². The molecule has 0 radical (unpaired) electrons. The Hall–Kier alpha value is -2.57. The highest BCUT2D eigenvalue weighted by Crippen LogP contribution is 2.33. The van der Waals surface area contributed by atoms with Gasteiger partial charge < -0.3 is 20.1 Å². The summed E-state index contributed by atoms with van der Waals surface area (Å²) >= 11 is 6.53. The summed E-state index contributed by atoms with van der Waals surface area (Å²) in [5.74, 6) is 1.26. The second-order valence-corrected chi connectivity index (χ2v) is 8.86. The number of hydrogen-bond acceptors (Lipinski definition) is 4. The van der Waals surface area contributed by atoms with Gasteiger partial charge in [0.2, 0.25) is 5.91 Å². The third-order valence-electron chi connectivity index (χ3n) is 6.46. The van der Waals surface area contributed by atoms with Crippen LogP contribution in [0.3, 0.4) is 0 Å². The lowest BCUT2D eigenvalue weighted by molar-refractivity contribution is -0.136. The lowest BCUT2D eigenvalue weighted by Crippen LogP contribution is -2.43. The fourth-order valence-electron chi connectivity index (χ4n) is 4.68. The largest absolute Gasteiger partial charge is 0.371 e. The van der Waals surface area contributed by atoms with E-state index in [1.807, 2.05) is 30.3 Å². The van der Waals surface area contributed by atoms with E-state index in [1.54, 1.807) is 0 Å². The van der Waals surface area contributed by atoms with E-state index in [0.717, 1.165) is 86.6 Å². The molecule has 162 valence electrons. The minimum absolute atomic E-state index is 0.136. The zero-order chi connectivity index (χ0) is 21.2. The Morgan fingerprint density at radius 3 is 2.71 bits per heavy atom. The van der Waals surface area contributed by atoms with E-state index in [1.165, 1.54) is 0 Å². The van der Waals surface area contributed by atoms with Gasteiger partial charge in [0, 0.05) is 49.9 Å². The summed E-state index contributed by atoms with van der Waals surface area (Å²) in [6.07, 6.45) is 2.83. The number of imidazole rings is 1. The van der Waals surface area contributed by atoms with Gasteiger partial charge in [-0.2, -0.15) is 0 Å². The van der Waals surface area contributed by atoms with E-state index >= 15 is 0 Å². The Kier molecular flexibility index (Phi) is 5.83. The van der Waals surface area contributed by atoms with Crippen LogP contribution < -0.4 is 10.2 Å². The van der Waals surface area contributed by atoms with Gasteiger partial charge >= 0.3 is 0 Å². The molecule has 5 rings (SSSR count). The lowest BCUT2D eigenvalue weighted by atomic mass is 9.94. The van der Waals surface area contributed by atoms with Gasteiger partial charge in [-0.3, -0.25) is 4.79 Å². The summed E-state index contributed by atoms with van der Waals surface area (Å²) in [7, 11) is 0. The van der Waals surface area contributed by atoms with Crippen molar-refractivity contribution in [2.45, 2.75) is 19.3 Å². The third-order valence-corrected chi connectivity index (χ3v) is 6.79. The van der Waals surface area contributed by atoms with Crippen LogP contribution in [0.5, 0.6) is 0 Å². The molecule has 2 fully saturated rings. The molecule has 2 aliphatic rings. The molecule has 0 atom stereocenters. The first-order valence-corrected chi connectivity index (χ1v) is 11.6. The van der Waals surface area contributed by atoms with Crippen LogP contribution in [0.2, 0.25) is 5.02 Å². The van der Waals surface area contributed by atoms with Gasteiger partial charge in [0.15, 0.2) is 0 Å². The molecular formula is C24H28ClN5O. The topological polar surface area (TPSA) is 64.3 Å². The van der Waals surface area contributed by atoms with Crippen LogP contribution in [0.15, 0.2) is 42.5 Å². The van der Waals surface area contributed by atoms with E-state index in [0.29, 0.717) is 10.9 Å². The minimum Gasteiger partial charge on any atom is -0.371 e. The quantitative estimate of drug-likeness (QED) is 0.651. The molecule has 1 aromatic heterocycles. The van der Waals surface area contributed by atoms with Crippen molar-refractivity contribution in [3.05, 3.63) is 47.5 Å². The molecule has 1 amide bonds. The molecule has 0 aliphatic carbocycles. The Morgan fingerprint density at radius 1 is 1.03 bits per heavy atom. The van der Waals surface area contributed by atoms with Gasteiger partial charge in [-0.15, -0.1) is 0 Å². The van der Waals surface area contributed by atoms with E-state index in [2.05, 4.69) is 32.2 Å². The van der Waals surface area contributed by atoms with Crippen molar-refractivity contribution in [3.8, 4) is 11.4 Å². The number of aromatic nitrogens is 2. The number of fused-ring (bicyclic) bond motifs is 1. The van der Waals surface area contributed by atoms with Crippen molar-refractivity contribution in [1.82, 2.24) is 20.2 Å². The number of carbonyl (C=O) groups is 1. The number of piperidine rings is 1. The van der Waals surface area contributed by atoms with Crippen molar-refractivity contribution in [2.24, 2.45) is 5.92 Å². The summed E-state index contributed by atoms with van der Waals surface area (Å²) in [5.41, 5.74) is 3.97. The van der Waals surface area contributed by atoms with Gasteiger partial charge in [-0.1, -0.05) is 23.7 Å². The average Bonchev–Trinajstić information content (AvgIpc) is 3.05. The molecule has 2 N–H and O–H groups in total. The predicted octanol–water partition coefficient (Wildman–Crippen LogP) is 3.92. The van der Waals surface area contributed by atoms with Crippen molar-refractivity contribution >= 4 is 34.2 Å². The normalized spacial score (nSPS) is 18.4. The number of benzene rings is 2. The summed E-state index contributed by atoms with van der Waals surface area (Å²) in [6, 6.07) is 14.1. The van der Waals surface area contributed by atoms with E-state index in [4.69, 9.17) is 16.6 Å². The molecular weight excluding hydrogens is 410 g/mol. The summed E-state index contributed by atoms with van der Waals surface area (Å²) in [5, 5.41) is 4.06. The highest BCUT2D eigenvalue weighted by atomic mass is 35.5. The first-order valence-electron chi connectivity index (χ1n) is 11.2. The standard InChI is InChI=1S/C24H28ClN5O/c25-20-7-6-18(16-19(20)23-27-21-4-1-2-5-22(21)28-23)29-13-8-17(9-14-29)24(31)30-12-3-10-26-11-15-30/h1-2,4-7,16-17,26H,3,8-15H2,(H,27,28). The molecule has 31 heavy (non-hydrogen) atoms. The van der Waals surface area contributed by atoms with Gasteiger partial charge in [-0.05, 0) is 56.1 Å². The molecule has 7 heteroatoms. The number of hydrogen-bond donors (Lipinski definition) is 2. The second kappa shape index (κ2) is 8.89. The molecule has 6 nitrogen and oxygen atoms in total. The zero-order valence-electron chi connectivity index (χ0n) is 17.6. The Balaban J connectivity index is 1.29. The number of amides is 1. The van der Waals surface area contributed by atoms with Gasteiger partial charge in [0.1, 0.15) is 5.82 Å². The third kappa shape index (κ3) is 4.27. The number of H-pyrrole nitrogens is 1. The van der Waals surface area contributed by atoms with Crippen LogP contribution in [-0.4, -0.2) is 60.0 Å². The predicted molar refractivity (Wildman–Crippen MR) is 126 cm³/mol. The number of para-hydroxylation sites is 2. The highest BCUT2D eigenvalue weighted by Gasteiger charge is 2.29. The Bertz CT molecular complexity index is 1030. The minimum atomic E-state index is 0.136. The van der Waals surface area contributed by atoms with Crippen LogP contribution >= 0.6 is 11.6 Å². The number of halogens is 1. The number of nitrogens with one attached hydrogen (secondary N) is 2. The maximum atomic E-state index is 13.0. The first kappa shape index (κ1) is 20.3. The maximum absolute atomic E-state index is 13.0. The van der Waals surface area contributed by atoms with Crippen molar-refractivity contribution in [3.63, 3.8) is 0 Å².